The molecule has 19 heavy (non-hydrogen) atoms. The zero-order valence-corrected chi connectivity index (χ0v) is 10.1. The molecule has 0 aliphatic heterocycles. The summed E-state index contributed by atoms with van der Waals surface area (Å²) in [5.41, 5.74) is -0.0700. The van der Waals surface area contributed by atoms with Crippen LogP contribution in [0.4, 0.5) is 13.2 Å². The minimum absolute atomic E-state index is 0.0700. The second-order valence-electron chi connectivity index (χ2n) is 4.51. The summed E-state index contributed by atoms with van der Waals surface area (Å²) < 4.78 is 41.6. The Balaban J connectivity index is 1.81. The molecule has 7 heteroatoms. The lowest BCUT2D eigenvalue weighted by Crippen LogP contribution is -2.13. The van der Waals surface area contributed by atoms with E-state index < -0.39 is 18.0 Å². The molecule has 4 nitrogen and oxygen atoms in total. The van der Waals surface area contributed by atoms with Crippen LogP contribution in [0.15, 0.2) is 12.4 Å². The van der Waals surface area contributed by atoms with Crippen molar-refractivity contribution in [2.45, 2.75) is 31.9 Å². The van der Waals surface area contributed by atoms with Crippen LogP contribution in [-0.4, -0.2) is 22.5 Å². The van der Waals surface area contributed by atoms with Gasteiger partial charge in [-0.3, -0.25) is 0 Å². The monoisotopic (exact) mass is 274 g/mol. The van der Waals surface area contributed by atoms with Gasteiger partial charge in [0.25, 0.3) is 0 Å². The fraction of sp³-hybridized carbons (Fsp3) is 0.583. The van der Waals surface area contributed by atoms with Crippen molar-refractivity contribution in [3.8, 4) is 0 Å². The van der Waals surface area contributed by atoms with Gasteiger partial charge in [-0.1, -0.05) is 12.8 Å². The van der Waals surface area contributed by atoms with Crippen LogP contribution in [0.2, 0.25) is 0 Å². The van der Waals surface area contributed by atoms with Gasteiger partial charge >= 0.3 is 12.1 Å². The topological polar surface area (TPSA) is 52.1 Å². The molecule has 0 N–H and O–H groups in total. The van der Waals surface area contributed by atoms with Crippen molar-refractivity contribution in [2.24, 2.45) is 5.92 Å². The third-order valence-electron chi connectivity index (χ3n) is 2.83. The molecule has 1 aromatic rings. The second-order valence-corrected chi connectivity index (χ2v) is 4.51. The number of hydrogen-bond acceptors (Lipinski definition) is 4. The molecule has 0 bridgehead atoms. The highest BCUT2D eigenvalue weighted by Gasteiger charge is 2.34. The quantitative estimate of drug-likeness (QED) is 0.612. The van der Waals surface area contributed by atoms with E-state index in [-0.39, 0.29) is 12.2 Å². The Kier molecular flexibility index (Phi) is 4.01. The summed E-state index contributed by atoms with van der Waals surface area (Å²) in [5.74, 6) is -1.20. The van der Waals surface area contributed by atoms with Gasteiger partial charge in [-0.25, -0.2) is 14.8 Å². The normalized spacial score (nSPS) is 15.3. The van der Waals surface area contributed by atoms with Gasteiger partial charge in [-0.05, 0) is 18.8 Å². The van der Waals surface area contributed by atoms with Gasteiger partial charge in [0.2, 0.25) is 5.82 Å². The smallest absolute Gasteiger partial charge is 0.451 e. The summed E-state index contributed by atoms with van der Waals surface area (Å²) >= 11 is 0. The highest BCUT2D eigenvalue weighted by molar-refractivity contribution is 5.88. The lowest BCUT2D eigenvalue weighted by Gasteiger charge is -2.06. The lowest BCUT2D eigenvalue weighted by molar-refractivity contribution is -0.145. The Morgan fingerprint density at radius 2 is 1.95 bits per heavy atom. The Hall–Kier alpha value is -1.66. The molecule has 1 heterocycles. The lowest BCUT2D eigenvalue weighted by atomic mass is 10.2. The third-order valence-corrected chi connectivity index (χ3v) is 2.83. The Morgan fingerprint density at radius 1 is 1.32 bits per heavy atom. The first kappa shape index (κ1) is 13.8. The molecule has 0 unspecified atom stereocenters. The molecule has 0 aromatic carbocycles. The molecular weight excluding hydrogens is 261 g/mol. The van der Waals surface area contributed by atoms with E-state index in [1.165, 1.54) is 12.8 Å². The zero-order valence-electron chi connectivity index (χ0n) is 10.1. The number of halogens is 3. The van der Waals surface area contributed by atoms with Crippen molar-refractivity contribution < 1.29 is 22.7 Å². The second kappa shape index (κ2) is 5.54. The van der Waals surface area contributed by atoms with Gasteiger partial charge in [0.15, 0.2) is 0 Å². The van der Waals surface area contributed by atoms with Crippen LogP contribution >= 0.6 is 0 Å². The van der Waals surface area contributed by atoms with Crippen LogP contribution in [0.5, 0.6) is 0 Å². The van der Waals surface area contributed by atoms with E-state index in [2.05, 4.69) is 9.97 Å². The first-order valence-electron chi connectivity index (χ1n) is 6.03. The number of alkyl halides is 3. The van der Waals surface area contributed by atoms with Crippen LogP contribution in [0.25, 0.3) is 0 Å². The zero-order chi connectivity index (χ0) is 13.9. The summed E-state index contributed by atoms with van der Waals surface area (Å²) in [6.07, 6.45) is 1.33. The van der Waals surface area contributed by atoms with E-state index in [0.29, 0.717) is 0 Å². The Bertz CT molecular complexity index is 441. The molecular formula is C12H13F3N2O2. The van der Waals surface area contributed by atoms with Crippen LogP contribution in [0.1, 0.15) is 41.9 Å². The van der Waals surface area contributed by atoms with Crippen LogP contribution in [-0.2, 0) is 10.9 Å². The van der Waals surface area contributed by atoms with Crippen molar-refractivity contribution in [2.75, 3.05) is 6.61 Å². The number of carbonyl (C=O) groups excluding carboxylic acids is 1. The number of rotatable bonds is 5. The first-order valence-corrected chi connectivity index (χ1v) is 6.03. The molecule has 1 aliphatic carbocycles. The third kappa shape index (κ3) is 4.18. The SMILES string of the molecule is O=C(OCCCC1CC1)c1cnc(C(F)(F)F)nc1. The van der Waals surface area contributed by atoms with Gasteiger partial charge in [0.1, 0.15) is 0 Å². The van der Waals surface area contributed by atoms with Crippen molar-refractivity contribution in [3.05, 3.63) is 23.8 Å². The van der Waals surface area contributed by atoms with Crippen LogP contribution < -0.4 is 0 Å². The average Bonchev–Trinajstić information content (AvgIpc) is 3.17. The van der Waals surface area contributed by atoms with Crippen molar-refractivity contribution in [1.82, 2.24) is 9.97 Å². The number of hydrogen-bond donors (Lipinski definition) is 0. The van der Waals surface area contributed by atoms with E-state index in [4.69, 9.17) is 4.74 Å². The molecule has 1 fully saturated rings. The van der Waals surface area contributed by atoms with E-state index in [9.17, 15) is 18.0 Å². The maximum absolute atomic E-state index is 12.2. The van der Waals surface area contributed by atoms with Crippen molar-refractivity contribution in [3.63, 3.8) is 0 Å². The van der Waals surface area contributed by atoms with Crippen LogP contribution in [0, 0.1) is 5.92 Å². The minimum Gasteiger partial charge on any atom is -0.462 e. The number of aromatic nitrogens is 2. The van der Waals surface area contributed by atoms with Gasteiger partial charge in [-0.2, -0.15) is 13.2 Å². The van der Waals surface area contributed by atoms with Gasteiger partial charge in [0.05, 0.1) is 12.2 Å². The highest BCUT2D eigenvalue weighted by Crippen LogP contribution is 2.33. The largest absolute Gasteiger partial charge is 0.462 e. The highest BCUT2D eigenvalue weighted by atomic mass is 19.4. The van der Waals surface area contributed by atoms with Crippen molar-refractivity contribution in [1.29, 1.82) is 0 Å². The Morgan fingerprint density at radius 3 is 2.47 bits per heavy atom. The number of carbonyl (C=O) groups is 1. The molecule has 104 valence electrons. The summed E-state index contributed by atoms with van der Waals surface area (Å²) in [5, 5.41) is 0. The van der Waals surface area contributed by atoms with E-state index >= 15 is 0 Å². The number of nitrogens with zero attached hydrogens (tertiary/aromatic N) is 2. The van der Waals surface area contributed by atoms with E-state index in [0.717, 1.165) is 31.2 Å². The molecule has 2 rings (SSSR count). The number of esters is 1. The first-order chi connectivity index (χ1) is 8.97. The van der Waals surface area contributed by atoms with Gasteiger partial charge in [-0.15, -0.1) is 0 Å². The molecule has 0 spiro atoms. The average molecular weight is 274 g/mol. The molecule has 0 saturated heterocycles. The van der Waals surface area contributed by atoms with Gasteiger partial charge < -0.3 is 4.74 Å². The maximum Gasteiger partial charge on any atom is 0.451 e. The summed E-state index contributed by atoms with van der Waals surface area (Å²) in [6, 6.07) is 0. The molecule has 1 saturated carbocycles. The van der Waals surface area contributed by atoms with Crippen LogP contribution in [0.3, 0.4) is 0 Å². The summed E-state index contributed by atoms with van der Waals surface area (Å²) in [7, 11) is 0. The maximum atomic E-state index is 12.2. The fourth-order valence-electron chi connectivity index (χ4n) is 1.61. The molecule has 1 aromatic heterocycles. The summed E-state index contributed by atoms with van der Waals surface area (Å²) in [6.45, 7) is 0.274. The van der Waals surface area contributed by atoms with Crippen molar-refractivity contribution >= 4 is 5.97 Å². The molecule has 0 radical (unpaired) electrons. The molecule has 0 atom stereocenters. The fourth-order valence-corrected chi connectivity index (χ4v) is 1.61. The molecule has 0 amide bonds. The minimum atomic E-state index is -4.60. The standard InChI is InChI=1S/C12H13F3N2O2/c13-12(14,15)11-16-6-9(7-17-11)10(18)19-5-1-2-8-3-4-8/h6-8H,1-5H2. The predicted octanol–water partition coefficient (Wildman–Crippen LogP) is 2.84. The predicted molar refractivity (Wildman–Crippen MR) is 59.3 cm³/mol. The van der Waals surface area contributed by atoms with E-state index in [1.807, 2.05) is 0 Å². The van der Waals surface area contributed by atoms with Gasteiger partial charge in [0, 0.05) is 12.4 Å². The Labute approximate surface area is 108 Å². The molecule has 1 aliphatic rings. The number of ether oxygens (including phenoxy) is 1. The van der Waals surface area contributed by atoms with E-state index in [1.54, 1.807) is 0 Å². The summed E-state index contributed by atoms with van der Waals surface area (Å²) in [4.78, 5) is 17.7.